The van der Waals surface area contributed by atoms with Gasteiger partial charge in [-0.15, -0.1) is 0 Å². The molecule has 0 unspecified atom stereocenters. The van der Waals surface area contributed by atoms with E-state index < -0.39 is 0 Å². The Kier molecular flexibility index (Phi) is 8.26. The predicted molar refractivity (Wildman–Crippen MR) is 130 cm³/mol. The molecule has 0 saturated heterocycles. The fraction of sp³-hybridized carbons (Fsp3) is 0.167. The van der Waals surface area contributed by atoms with Gasteiger partial charge in [0, 0.05) is 10.0 Å². The second-order valence-corrected chi connectivity index (χ2v) is 8.46. The molecule has 5 nitrogen and oxygen atoms in total. The highest BCUT2D eigenvalue weighted by molar-refractivity contribution is 9.10. The van der Waals surface area contributed by atoms with Crippen LogP contribution < -0.4 is 14.9 Å². The normalized spacial score (nSPS) is 10.8. The first-order chi connectivity index (χ1) is 15.0. The monoisotopic (exact) mass is 544 g/mol. The number of aryl methyl sites for hydroxylation is 1. The first kappa shape index (κ1) is 23.0. The van der Waals surface area contributed by atoms with E-state index in [1.807, 2.05) is 68.4 Å². The Morgan fingerprint density at radius 2 is 1.81 bits per heavy atom. The number of nitrogens with zero attached hydrogens (tertiary/aromatic N) is 1. The van der Waals surface area contributed by atoms with E-state index in [4.69, 9.17) is 9.47 Å². The SMILES string of the molecule is CCOc1cc(/C=N\NC(=O)c2ccccc2C)cc(Br)c1OCc1ccc(Br)cc1. The maximum Gasteiger partial charge on any atom is 0.271 e. The van der Waals surface area contributed by atoms with Crippen LogP contribution in [0.5, 0.6) is 11.5 Å². The Hall–Kier alpha value is -2.64. The van der Waals surface area contributed by atoms with Gasteiger partial charge in [-0.1, -0.05) is 46.3 Å². The van der Waals surface area contributed by atoms with Crippen LogP contribution in [0, 0.1) is 6.92 Å². The van der Waals surface area contributed by atoms with Crippen molar-refractivity contribution < 1.29 is 14.3 Å². The maximum absolute atomic E-state index is 12.3. The first-order valence-corrected chi connectivity index (χ1v) is 11.3. The molecule has 7 heteroatoms. The van der Waals surface area contributed by atoms with Gasteiger partial charge in [0.25, 0.3) is 5.91 Å². The molecule has 1 amide bonds. The third-order valence-electron chi connectivity index (χ3n) is 4.40. The summed E-state index contributed by atoms with van der Waals surface area (Å²) in [6, 6.07) is 19.0. The van der Waals surface area contributed by atoms with Crippen LogP contribution in [0.25, 0.3) is 0 Å². The second kappa shape index (κ2) is 11.1. The number of hydrogen-bond acceptors (Lipinski definition) is 4. The number of hydrazone groups is 1. The first-order valence-electron chi connectivity index (χ1n) is 9.70. The van der Waals surface area contributed by atoms with Gasteiger partial charge in [-0.25, -0.2) is 5.43 Å². The van der Waals surface area contributed by atoms with Crippen molar-refractivity contribution >= 4 is 44.0 Å². The Morgan fingerprint density at radius 3 is 2.52 bits per heavy atom. The van der Waals surface area contributed by atoms with Gasteiger partial charge in [0.2, 0.25) is 0 Å². The molecule has 0 saturated carbocycles. The van der Waals surface area contributed by atoms with Crippen LogP contribution in [0.3, 0.4) is 0 Å². The highest BCUT2D eigenvalue weighted by Crippen LogP contribution is 2.37. The third-order valence-corrected chi connectivity index (χ3v) is 5.52. The van der Waals surface area contributed by atoms with E-state index in [0.29, 0.717) is 30.3 Å². The van der Waals surface area contributed by atoms with Crippen molar-refractivity contribution in [3.05, 3.63) is 91.9 Å². The fourth-order valence-corrected chi connectivity index (χ4v) is 3.69. The zero-order valence-electron chi connectivity index (χ0n) is 17.2. The van der Waals surface area contributed by atoms with Crippen LogP contribution in [0.4, 0.5) is 0 Å². The van der Waals surface area contributed by atoms with Crippen molar-refractivity contribution in [2.75, 3.05) is 6.61 Å². The average Bonchev–Trinajstić information content (AvgIpc) is 2.75. The lowest BCUT2D eigenvalue weighted by atomic mass is 10.1. The van der Waals surface area contributed by atoms with Crippen molar-refractivity contribution in [3.8, 4) is 11.5 Å². The van der Waals surface area contributed by atoms with Crippen LogP contribution in [0.1, 0.15) is 34.0 Å². The highest BCUT2D eigenvalue weighted by atomic mass is 79.9. The molecule has 0 aliphatic heterocycles. The number of halogens is 2. The van der Waals surface area contributed by atoms with E-state index in [9.17, 15) is 4.79 Å². The lowest BCUT2D eigenvalue weighted by molar-refractivity contribution is 0.0954. The molecule has 0 bridgehead atoms. The summed E-state index contributed by atoms with van der Waals surface area (Å²) in [5.74, 6) is 0.958. The van der Waals surface area contributed by atoms with Crippen LogP contribution in [0.15, 0.2) is 74.7 Å². The third kappa shape index (κ3) is 6.42. The quantitative estimate of drug-likeness (QED) is 0.268. The summed E-state index contributed by atoms with van der Waals surface area (Å²) >= 11 is 6.99. The summed E-state index contributed by atoms with van der Waals surface area (Å²) < 4.78 is 13.5. The standard InChI is InChI=1S/C24H22Br2N2O3/c1-3-30-22-13-18(14-27-28-24(29)20-7-5-4-6-16(20)2)12-21(26)23(22)31-15-17-8-10-19(25)11-9-17/h4-14H,3,15H2,1-2H3,(H,28,29)/b27-14-. The molecule has 0 aliphatic carbocycles. The summed E-state index contributed by atoms with van der Waals surface area (Å²) in [6.45, 7) is 4.70. The molecule has 3 rings (SSSR count). The lowest BCUT2D eigenvalue weighted by Gasteiger charge is -2.14. The lowest BCUT2D eigenvalue weighted by Crippen LogP contribution is -2.18. The van der Waals surface area contributed by atoms with E-state index in [-0.39, 0.29) is 5.91 Å². The van der Waals surface area contributed by atoms with E-state index in [1.165, 1.54) is 0 Å². The number of rotatable bonds is 8. The molecule has 0 aliphatic rings. The number of nitrogens with one attached hydrogen (secondary N) is 1. The van der Waals surface area contributed by atoms with E-state index in [1.54, 1.807) is 12.3 Å². The number of ether oxygens (including phenoxy) is 2. The Bertz CT molecular complexity index is 1080. The minimum Gasteiger partial charge on any atom is -0.490 e. The van der Waals surface area contributed by atoms with Gasteiger partial charge in [-0.05, 0) is 76.8 Å². The number of hydrogen-bond donors (Lipinski definition) is 1. The molecule has 0 radical (unpaired) electrons. The number of benzene rings is 3. The van der Waals surface area contributed by atoms with Gasteiger partial charge in [0.05, 0.1) is 17.3 Å². The predicted octanol–water partition coefficient (Wildman–Crippen LogP) is 6.26. The summed E-state index contributed by atoms with van der Waals surface area (Å²) in [5.41, 5.74) is 5.85. The van der Waals surface area contributed by atoms with Crippen molar-refractivity contribution in [1.82, 2.24) is 5.43 Å². The topological polar surface area (TPSA) is 59.9 Å². The molecule has 0 fully saturated rings. The van der Waals surface area contributed by atoms with Crippen LogP contribution in [0.2, 0.25) is 0 Å². The minimum atomic E-state index is -0.257. The van der Waals surface area contributed by atoms with Gasteiger partial charge in [-0.2, -0.15) is 5.10 Å². The molecule has 160 valence electrons. The summed E-state index contributed by atoms with van der Waals surface area (Å²) in [6.07, 6.45) is 1.57. The van der Waals surface area contributed by atoms with Gasteiger partial charge in [0.15, 0.2) is 11.5 Å². The van der Waals surface area contributed by atoms with Crippen LogP contribution >= 0.6 is 31.9 Å². The summed E-state index contributed by atoms with van der Waals surface area (Å²) in [5, 5.41) is 4.09. The smallest absolute Gasteiger partial charge is 0.271 e. The Balaban J connectivity index is 1.73. The molecular formula is C24H22Br2N2O3. The van der Waals surface area contributed by atoms with Gasteiger partial charge in [-0.3, -0.25) is 4.79 Å². The molecule has 0 aromatic heterocycles. The number of amides is 1. The number of carbonyl (C=O) groups excluding carboxylic acids is 1. The fourth-order valence-electron chi connectivity index (χ4n) is 2.85. The van der Waals surface area contributed by atoms with Crippen LogP contribution in [-0.4, -0.2) is 18.7 Å². The molecular weight excluding hydrogens is 524 g/mol. The zero-order valence-corrected chi connectivity index (χ0v) is 20.4. The summed E-state index contributed by atoms with van der Waals surface area (Å²) in [4.78, 5) is 12.3. The largest absolute Gasteiger partial charge is 0.490 e. The molecule has 0 atom stereocenters. The van der Waals surface area contributed by atoms with Crippen molar-refractivity contribution in [3.63, 3.8) is 0 Å². The Labute approximate surface area is 198 Å². The molecule has 31 heavy (non-hydrogen) atoms. The van der Waals surface area contributed by atoms with Crippen molar-refractivity contribution in [2.45, 2.75) is 20.5 Å². The van der Waals surface area contributed by atoms with Crippen molar-refractivity contribution in [1.29, 1.82) is 0 Å². The molecule has 1 N–H and O–H groups in total. The molecule has 3 aromatic rings. The van der Waals surface area contributed by atoms with Crippen molar-refractivity contribution in [2.24, 2.45) is 5.10 Å². The van der Waals surface area contributed by atoms with Crippen LogP contribution in [-0.2, 0) is 6.61 Å². The average molecular weight is 546 g/mol. The zero-order chi connectivity index (χ0) is 22.2. The molecule has 3 aromatic carbocycles. The number of carbonyl (C=O) groups is 1. The van der Waals surface area contributed by atoms with E-state index in [2.05, 4.69) is 42.4 Å². The van der Waals surface area contributed by atoms with E-state index >= 15 is 0 Å². The van der Waals surface area contributed by atoms with E-state index in [0.717, 1.165) is 25.6 Å². The van der Waals surface area contributed by atoms with Gasteiger partial charge < -0.3 is 9.47 Å². The highest BCUT2D eigenvalue weighted by Gasteiger charge is 2.13. The molecule has 0 heterocycles. The molecule has 0 spiro atoms. The van der Waals surface area contributed by atoms with Gasteiger partial charge >= 0.3 is 0 Å². The van der Waals surface area contributed by atoms with Gasteiger partial charge in [0.1, 0.15) is 6.61 Å². The Morgan fingerprint density at radius 1 is 1.06 bits per heavy atom. The summed E-state index contributed by atoms with van der Waals surface area (Å²) in [7, 11) is 0. The minimum absolute atomic E-state index is 0.257. The maximum atomic E-state index is 12.3. The second-order valence-electron chi connectivity index (χ2n) is 6.69.